The van der Waals surface area contributed by atoms with E-state index in [0.717, 1.165) is 25.1 Å². The maximum absolute atomic E-state index is 12.0. The van der Waals surface area contributed by atoms with Crippen molar-refractivity contribution < 1.29 is 13.2 Å². The van der Waals surface area contributed by atoms with Crippen LogP contribution in [0.1, 0.15) is 12.8 Å². The molecular formula is C14H24N2O3S2. The molecule has 0 aliphatic heterocycles. The van der Waals surface area contributed by atoms with Crippen molar-refractivity contribution in [2.45, 2.75) is 17.7 Å². The van der Waals surface area contributed by atoms with Gasteiger partial charge in [-0.25, -0.2) is 13.1 Å². The van der Waals surface area contributed by atoms with Crippen LogP contribution in [0.4, 0.5) is 0 Å². The van der Waals surface area contributed by atoms with Crippen molar-refractivity contribution >= 4 is 21.8 Å². The molecule has 0 aliphatic rings. The van der Waals surface area contributed by atoms with Crippen molar-refractivity contribution in [2.75, 3.05) is 38.8 Å². The van der Waals surface area contributed by atoms with Crippen LogP contribution < -0.4 is 14.8 Å². The van der Waals surface area contributed by atoms with Crippen LogP contribution in [-0.4, -0.2) is 47.2 Å². The number of thioether (sulfide) groups is 1. The van der Waals surface area contributed by atoms with Crippen LogP contribution in [-0.2, 0) is 10.0 Å². The molecule has 0 heterocycles. The Kier molecular flexibility index (Phi) is 8.75. The van der Waals surface area contributed by atoms with E-state index in [1.807, 2.05) is 13.3 Å². The van der Waals surface area contributed by atoms with Gasteiger partial charge in [0.2, 0.25) is 10.0 Å². The minimum Gasteiger partial charge on any atom is -0.494 e. The normalized spacial score (nSPS) is 11.5. The summed E-state index contributed by atoms with van der Waals surface area (Å²) in [4.78, 5) is 0.272. The molecule has 0 amide bonds. The fourth-order valence-electron chi connectivity index (χ4n) is 1.66. The van der Waals surface area contributed by atoms with E-state index in [4.69, 9.17) is 4.74 Å². The van der Waals surface area contributed by atoms with Crippen LogP contribution in [0.5, 0.6) is 5.75 Å². The number of ether oxygens (including phenoxy) is 1. The van der Waals surface area contributed by atoms with Crippen molar-refractivity contribution in [3.63, 3.8) is 0 Å². The van der Waals surface area contributed by atoms with Crippen LogP contribution in [0.15, 0.2) is 29.2 Å². The molecule has 120 valence electrons. The SMILES string of the molecule is CNCCCOc1ccc(S(=O)(=O)NCCCSC)cc1. The van der Waals surface area contributed by atoms with Crippen LogP contribution >= 0.6 is 11.8 Å². The highest BCUT2D eigenvalue weighted by Crippen LogP contribution is 2.16. The number of nitrogens with one attached hydrogen (secondary N) is 2. The Morgan fingerprint density at radius 3 is 2.48 bits per heavy atom. The summed E-state index contributed by atoms with van der Waals surface area (Å²) in [5.41, 5.74) is 0. The first-order chi connectivity index (χ1) is 10.1. The van der Waals surface area contributed by atoms with E-state index in [0.29, 0.717) is 18.9 Å². The van der Waals surface area contributed by atoms with Crippen LogP contribution in [0, 0.1) is 0 Å². The predicted molar refractivity (Wildman–Crippen MR) is 88.7 cm³/mol. The molecule has 5 nitrogen and oxygen atoms in total. The Bertz CT molecular complexity index is 489. The Hall–Kier alpha value is -0.760. The van der Waals surface area contributed by atoms with E-state index in [-0.39, 0.29) is 4.90 Å². The molecule has 2 N–H and O–H groups in total. The zero-order chi connectivity index (χ0) is 15.6. The van der Waals surface area contributed by atoms with Crippen molar-refractivity contribution in [3.05, 3.63) is 24.3 Å². The summed E-state index contributed by atoms with van der Waals surface area (Å²) >= 11 is 1.71. The Morgan fingerprint density at radius 2 is 1.86 bits per heavy atom. The summed E-state index contributed by atoms with van der Waals surface area (Å²) in [6.07, 6.45) is 3.74. The summed E-state index contributed by atoms with van der Waals surface area (Å²) in [5, 5.41) is 3.04. The number of rotatable bonds is 11. The van der Waals surface area contributed by atoms with Gasteiger partial charge in [-0.05, 0) is 62.7 Å². The molecule has 0 bridgehead atoms. The van der Waals surface area contributed by atoms with Gasteiger partial charge in [0.15, 0.2) is 0 Å². The Labute approximate surface area is 131 Å². The zero-order valence-corrected chi connectivity index (χ0v) is 14.2. The molecule has 0 aliphatic carbocycles. The molecule has 1 aromatic carbocycles. The standard InChI is InChI=1S/C14H24N2O3S2/c1-15-9-3-11-19-13-5-7-14(8-6-13)21(17,18)16-10-4-12-20-2/h5-8,15-16H,3-4,9-12H2,1-2H3. The first-order valence-corrected chi connectivity index (χ1v) is 9.84. The Morgan fingerprint density at radius 1 is 1.14 bits per heavy atom. The molecule has 0 fully saturated rings. The lowest BCUT2D eigenvalue weighted by Crippen LogP contribution is -2.25. The van der Waals surface area contributed by atoms with Gasteiger partial charge in [-0.3, -0.25) is 0 Å². The zero-order valence-electron chi connectivity index (χ0n) is 12.6. The molecule has 21 heavy (non-hydrogen) atoms. The highest BCUT2D eigenvalue weighted by atomic mass is 32.2. The predicted octanol–water partition coefficient (Wildman–Crippen LogP) is 1.71. The third-order valence-corrected chi connectivity index (χ3v) is 4.97. The minimum absolute atomic E-state index is 0.272. The topological polar surface area (TPSA) is 67.4 Å². The van der Waals surface area contributed by atoms with Gasteiger partial charge in [0, 0.05) is 6.54 Å². The maximum atomic E-state index is 12.0. The van der Waals surface area contributed by atoms with Gasteiger partial charge in [0.25, 0.3) is 0 Å². The number of sulfonamides is 1. The second-order valence-electron chi connectivity index (χ2n) is 4.52. The van der Waals surface area contributed by atoms with E-state index >= 15 is 0 Å². The van der Waals surface area contributed by atoms with E-state index in [2.05, 4.69) is 10.0 Å². The molecular weight excluding hydrogens is 308 g/mol. The first-order valence-electron chi connectivity index (χ1n) is 6.96. The summed E-state index contributed by atoms with van der Waals surface area (Å²) in [6.45, 7) is 1.97. The minimum atomic E-state index is -3.41. The largest absolute Gasteiger partial charge is 0.494 e. The van der Waals surface area contributed by atoms with Crippen molar-refractivity contribution in [1.29, 1.82) is 0 Å². The molecule has 7 heteroatoms. The van der Waals surface area contributed by atoms with Gasteiger partial charge >= 0.3 is 0 Å². The van der Waals surface area contributed by atoms with Crippen molar-refractivity contribution in [1.82, 2.24) is 10.0 Å². The molecule has 0 radical (unpaired) electrons. The summed E-state index contributed by atoms with van der Waals surface area (Å²) in [6, 6.07) is 6.53. The number of benzene rings is 1. The summed E-state index contributed by atoms with van der Waals surface area (Å²) in [7, 11) is -1.52. The lowest BCUT2D eigenvalue weighted by molar-refractivity contribution is 0.309. The van der Waals surface area contributed by atoms with Crippen LogP contribution in [0.2, 0.25) is 0 Å². The lowest BCUT2D eigenvalue weighted by Gasteiger charge is -2.09. The number of hydrogen-bond donors (Lipinski definition) is 2. The average molecular weight is 332 g/mol. The number of hydrogen-bond acceptors (Lipinski definition) is 5. The van der Waals surface area contributed by atoms with Crippen LogP contribution in [0.25, 0.3) is 0 Å². The second-order valence-corrected chi connectivity index (χ2v) is 7.27. The highest BCUT2D eigenvalue weighted by Gasteiger charge is 2.12. The van der Waals surface area contributed by atoms with Gasteiger partial charge in [-0.2, -0.15) is 11.8 Å². The fraction of sp³-hybridized carbons (Fsp3) is 0.571. The first kappa shape index (κ1) is 18.3. The molecule has 0 unspecified atom stereocenters. The van der Waals surface area contributed by atoms with E-state index in [1.165, 1.54) is 0 Å². The smallest absolute Gasteiger partial charge is 0.240 e. The maximum Gasteiger partial charge on any atom is 0.240 e. The molecule has 0 spiro atoms. The van der Waals surface area contributed by atoms with Crippen molar-refractivity contribution in [2.24, 2.45) is 0 Å². The fourth-order valence-corrected chi connectivity index (χ4v) is 3.17. The van der Waals surface area contributed by atoms with Gasteiger partial charge < -0.3 is 10.1 Å². The van der Waals surface area contributed by atoms with Gasteiger partial charge in [-0.1, -0.05) is 0 Å². The summed E-state index contributed by atoms with van der Waals surface area (Å²) < 4.78 is 32.2. The van der Waals surface area contributed by atoms with Crippen LogP contribution in [0.3, 0.4) is 0 Å². The third kappa shape index (κ3) is 7.17. The van der Waals surface area contributed by atoms with Gasteiger partial charge in [-0.15, -0.1) is 0 Å². The monoisotopic (exact) mass is 332 g/mol. The molecule has 1 aromatic rings. The third-order valence-electron chi connectivity index (χ3n) is 2.79. The quantitative estimate of drug-likeness (QED) is 0.604. The molecule has 0 aromatic heterocycles. The Balaban J connectivity index is 2.48. The van der Waals surface area contributed by atoms with E-state index in [1.54, 1.807) is 36.0 Å². The molecule has 1 rings (SSSR count). The van der Waals surface area contributed by atoms with E-state index < -0.39 is 10.0 Å². The molecule has 0 saturated carbocycles. The van der Waals surface area contributed by atoms with Crippen molar-refractivity contribution in [3.8, 4) is 5.75 Å². The summed E-state index contributed by atoms with van der Waals surface area (Å²) in [5.74, 6) is 1.63. The lowest BCUT2D eigenvalue weighted by atomic mass is 10.3. The average Bonchev–Trinajstić information content (AvgIpc) is 2.49. The molecule has 0 saturated heterocycles. The molecule has 0 atom stereocenters. The highest BCUT2D eigenvalue weighted by molar-refractivity contribution is 7.98. The van der Waals surface area contributed by atoms with Gasteiger partial charge in [0.05, 0.1) is 11.5 Å². The van der Waals surface area contributed by atoms with E-state index in [9.17, 15) is 8.42 Å². The van der Waals surface area contributed by atoms with Gasteiger partial charge in [0.1, 0.15) is 5.75 Å². The second kappa shape index (κ2) is 10.0.